The Bertz CT molecular complexity index is 614. The maximum atomic E-state index is 4.43. The van der Waals surface area contributed by atoms with E-state index in [9.17, 15) is 0 Å². The van der Waals surface area contributed by atoms with Gasteiger partial charge in [0, 0.05) is 23.8 Å². The standard InChI is InChI=1S/C16H19N3S/c1-2-12-4-7-18-16(12)14(3-1)15-10-17-11-19(15)13-5-8-20-9-6-13/h1-3,10-11,13,18H,4-9H2. The fourth-order valence-corrected chi connectivity index (χ4v) is 4.40. The Balaban J connectivity index is 1.76. The van der Waals surface area contributed by atoms with Crippen LogP contribution >= 0.6 is 11.8 Å². The maximum absolute atomic E-state index is 4.43. The molecule has 1 aromatic heterocycles. The average Bonchev–Trinajstić information content (AvgIpc) is 3.16. The highest BCUT2D eigenvalue weighted by Gasteiger charge is 2.21. The Morgan fingerprint density at radius 3 is 3.05 bits per heavy atom. The second kappa shape index (κ2) is 5.17. The van der Waals surface area contributed by atoms with E-state index in [4.69, 9.17) is 0 Å². The van der Waals surface area contributed by atoms with Gasteiger partial charge in [-0.05, 0) is 36.3 Å². The van der Waals surface area contributed by atoms with Crippen molar-refractivity contribution in [2.24, 2.45) is 0 Å². The van der Waals surface area contributed by atoms with Crippen LogP contribution in [-0.4, -0.2) is 27.6 Å². The van der Waals surface area contributed by atoms with Crippen LogP contribution in [0.3, 0.4) is 0 Å². The molecule has 20 heavy (non-hydrogen) atoms. The van der Waals surface area contributed by atoms with E-state index in [0.717, 1.165) is 13.0 Å². The van der Waals surface area contributed by atoms with Crippen molar-refractivity contribution >= 4 is 17.4 Å². The Kier molecular flexibility index (Phi) is 3.19. The molecule has 0 bridgehead atoms. The van der Waals surface area contributed by atoms with Gasteiger partial charge in [0.05, 0.1) is 18.2 Å². The third kappa shape index (κ3) is 2.03. The molecule has 4 rings (SSSR count). The second-order valence-corrected chi connectivity index (χ2v) is 6.77. The summed E-state index contributed by atoms with van der Waals surface area (Å²) in [6.07, 6.45) is 7.70. The number of fused-ring (bicyclic) bond motifs is 1. The fourth-order valence-electron chi connectivity index (χ4n) is 3.32. The van der Waals surface area contributed by atoms with Gasteiger partial charge in [0.1, 0.15) is 0 Å². The van der Waals surface area contributed by atoms with E-state index >= 15 is 0 Å². The van der Waals surface area contributed by atoms with Gasteiger partial charge < -0.3 is 9.88 Å². The number of rotatable bonds is 2. The Hall–Kier alpha value is -1.42. The number of aromatic nitrogens is 2. The highest BCUT2D eigenvalue weighted by atomic mass is 32.2. The van der Waals surface area contributed by atoms with Crippen molar-refractivity contribution in [2.75, 3.05) is 23.4 Å². The third-order valence-corrected chi connectivity index (χ3v) is 5.42. The van der Waals surface area contributed by atoms with E-state index in [-0.39, 0.29) is 0 Å². The number of anilines is 1. The highest BCUT2D eigenvalue weighted by Crippen LogP contribution is 2.37. The summed E-state index contributed by atoms with van der Waals surface area (Å²) in [5, 5.41) is 3.54. The summed E-state index contributed by atoms with van der Waals surface area (Å²) in [7, 11) is 0. The van der Waals surface area contributed by atoms with Gasteiger partial charge in [-0.3, -0.25) is 0 Å². The van der Waals surface area contributed by atoms with E-state index in [0.29, 0.717) is 6.04 Å². The molecule has 2 aromatic rings. The van der Waals surface area contributed by atoms with Crippen molar-refractivity contribution in [2.45, 2.75) is 25.3 Å². The number of imidazole rings is 1. The summed E-state index contributed by atoms with van der Waals surface area (Å²) in [5.74, 6) is 2.54. The van der Waals surface area contributed by atoms with Crippen molar-refractivity contribution in [3.8, 4) is 11.3 Å². The Labute approximate surface area is 123 Å². The lowest BCUT2D eigenvalue weighted by Gasteiger charge is -2.25. The summed E-state index contributed by atoms with van der Waals surface area (Å²) in [6, 6.07) is 7.25. The van der Waals surface area contributed by atoms with Gasteiger partial charge in [0.25, 0.3) is 0 Å². The maximum Gasteiger partial charge on any atom is 0.0953 e. The van der Waals surface area contributed by atoms with E-state index in [1.54, 1.807) is 0 Å². The van der Waals surface area contributed by atoms with Crippen LogP contribution in [0.15, 0.2) is 30.7 Å². The van der Waals surface area contributed by atoms with Gasteiger partial charge in [-0.1, -0.05) is 18.2 Å². The molecule has 104 valence electrons. The quantitative estimate of drug-likeness (QED) is 0.914. The number of benzene rings is 1. The van der Waals surface area contributed by atoms with Crippen LogP contribution in [0.2, 0.25) is 0 Å². The summed E-state index contributed by atoms with van der Waals surface area (Å²) < 4.78 is 2.40. The van der Waals surface area contributed by atoms with Crippen molar-refractivity contribution < 1.29 is 0 Å². The van der Waals surface area contributed by atoms with Gasteiger partial charge in [-0.2, -0.15) is 11.8 Å². The van der Waals surface area contributed by atoms with Crippen LogP contribution in [0.5, 0.6) is 0 Å². The highest BCUT2D eigenvalue weighted by molar-refractivity contribution is 7.99. The normalized spacial score (nSPS) is 18.8. The van der Waals surface area contributed by atoms with Crippen LogP contribution in [0.1, 0.15) is 24.4 Å². The Morgan fingerprint density at radius 1 is 1.25 bits per heavy atom. The van der Waals surface area contributed by atoms with Gasteiger partial charge in [-0.15, -0.1) is 0 Å². The topological polar surface area (TPSA) is 29.9 Å². The second-order valence-electron chi connectivity index (χ2n) is 5.55. The largest absolute Gasteiger partial charge is 0.384 e. The molecule has 1 aromatic carbocycles. The van der Waals surface area contributed by atoms with Crippen LogP contribution in [0.4, 0.5) is 5.69 Å². The SMILES string of the molecule is c1cc2c(c(-c3cncn3C3CCSCC3)c1)NCC2. The fraction of sp³-hybridized carbons (Fsp3) is 0.438. The molecule has 4 heteroatoms. The molecule has 1 fully saturated rings. The number of para-hydroxylation sites is 1. The molecule has 2 aliphatic rings. The van der Waals surface area contributed by atoms with Gasteiger partial charge in [-0.25, -0.2) is 4.98 Å². The number of nitrogens with one attached hydrogen (secondary N) is 1. The molecular weight excluding hydrogens is 266 g/mol. The van der Waals surface area contributed by atoms with Gasteiger partial charge in [0.2, 0.25) is 0 Å². The molecular formula is C16H19N3S. The summed E-state index contributed by atoms with van der Waals surface area (Å²) in [4.78, 5) is 4.43. The van der Waals surface area contributed by atoms with Crippen molar-refractivity contribution in [3.63, 3.8) is 0 Å². The molecule has 0 saturated carbocycles. The third-order valence-electron chi connectivity index (χ3n) is 4.37. The molecule has 0 radical (unpaired) electrons. The first-order valence-electron chi connectivity index (χ1n) is 7.39. The van der Waals surface area contributed by atoms with Gasteiger partial charge >= 0.3 is 0 Å². The van der Waals surface area contributed by atoms with E-state index in [1.807, 2.05) is 12.5 Å². The average molecular weight is 285 g/mol. The number of nitrogens with zero attached hydrogens (tertiary/aromatic N) is 2. The zero-order valence-electron chi connectivity index (χ0n) is 11.5. The summed E-state index contributed by atoms with van der Waals surface area (Å²) in [5.41, 5.74) is 5.35. The smallest absolute Gasteiger partial charge is 0.0953 e. The number of thioether (sulfide) groups is 1. The number of hydrogen-bond acceptors (Lipinski definition) is 3. The van der Waals surface area contributed by atoms with Crippen molar-refractivity contribution in [3.05, 3.63) is 36.3 Å². The minimum absolute atomic E-state index is 0.617. The lowest BCUT2D eigenvalue weighted by molar-refractivity contribution is 0.473. The molecule has 0 aliphatic carbocycles. The predicted octanol–water partition coefficient (Wildman–Crippen LogP) is 3.59. The van der Waals surface area contributed by atoms with Crippen LogP contribution < -0.4 is 5.32 Å². The minimum Gasteiger partial charge on any atom is -0.384 e. The number of hydrogen-bond donors (Lipinski definition) is 1. The molecule has 0 spiro atoms. The lowest BCUT2D eigenvalue weighted by Crippen LogP contribution is -2.15. The summed E-state index contributed by atoms with van der Waals surface area (Å²) in [6.45, 7) is 1.06. The molecule has 0 atom stereocenters. The van der Waals surface area contributed by atoms with E-state index in [1.165, 1.54) is 46.9 Å². The molecule has 3 nitrogen and oxygen atoms in total. The molecule has 0 unspecified atom stereocenters. The Morgan fingerprint density at radius 2 is 2.15 bits per heavy atom. The first kappa shape index (κ1) is 12.3. The van der Waals surface area contributed by atoms with Gasteiger partial charge in [0.15, 0.2) is 0 Å². The summed E-state index contributed by atoms with van der Waals surface area (Å²) >= 11 is 2.07. The molecule has 1 saturated heterocycles. The molecule has 2 aliphatic heterocycles. The molecule has 3 heterocycles. The van der Waals surface area contributed by atoms with E-state index < -0.39 is 0 Å². The van der Waals surface area contributed by atoms with Crippen molar-refractivity contribution in [1.82, 2.24) is 9.55 Å². The zero-order chi connectivity index (χ0) is 13.4. The van der Waals surface area contributed by atoms with Crippen LogP contribution in [-0.2, 0) is 6.42 Å². The van der Waals surface area contributed by atoms with Crippen LogP contribution in [0, 0.1) is 0 Å². The first-order chi connectivity index (χ1) is 9.93. The van der Waals surface area contributed by atoms with E-state index in [2.05, 4.69) is 44.8 Å². The van der Waals surface area contributed by atoms with Crippen LogP contribution in [0.25, 0.3) is 11.3 Å². The first-order valence-corrected chi connectivity index (χ1v) is 8.54. The monoisotopic (exact) mass is 285 g/mol. The zero-order valence-corrected chi connectivity index (χ0v) is 12.3. The lowest BCUT2D eigenvalue weighted by atomic mass is 10.0. The predicted molar refractivity (Wildman–Crippen MR) is 85.5 cm³/mol. The molecule has 0 amide bonds. The minimum atomic E-state index is 0.617. The molecule has 1 N–H and O–H groups in total. The van der Waals surface area contributed by atoms with Crippen molar-refractivity contribution in [1.29, 1.82) is 0 Å².